The molecule has 0 radical (unpaired) electrons. The summed E-state index contributed by atoms with van der Waals surface area (Å²) in [4.78, 5) is 38.1. The Labute approximate surface area is 242 Å². The highest BCUT2D eigenvalue weighted by atomic mass is 31.2. The first-order chi connectivity index (χ1) is 19.3. The monoisotopic (exact) mass is 572 g/mol. The predicted octanol–water partition coefficient (Wildman–Crippen LogP) is 7.02. The molecule has 0 aliphatic carbocycles. The van der Waals surface area contributed by atoms with Crippen molar-refractivity contribution < 1.29 is 28.4 Å². The van der Waals surface area contributed by atoms with E-state index in [0.717, 1.165) is 45.5 Å². The van der Waals surface area contributed by atoms with Gasteiger partial charge >= 0.3 is 11.9 Å². The highest BCUT2D eigenvalue weighted by Crippen LogP contribution is 2.53. The van der Waals surface area contributed by atoms with Crippen molar-refractivity contribution in [3.63, 3.8) is 0 Å². The second-order valence-corrected chi connectivity index (χ2v) is 13.0. The number of aryl methyl sites for hydroxylation is 4. The molecule has 1 atom stereocenters. The first-order valence-corrected chi connectivity index (χ1v) is 15.2. The average molecular weight is 573 g/mol. The van der Waals surface area contributed by atoms with Crippen LogP contribution in [-0.2, 0) is 43.0 Å². The first-order valence-electron chi connectivity index (χ1n) is 13.3. The molecule has 41 heavy (non-hydrogen) atoms. The number of ether oxygens (including phenoxy) is 2. The van der Waals surface area contributed by atoms with E-state index in [1.54, 1.807) is 31.2 Å². The number of esters is 2. The van der Waals surface area contributed by atoms with Gasteiger partial charge in [-0.3, -0.25) is 4.79 Å². The van der Waals surface area contributed by atoms with Crippen molar-refractivity contribution >= 4 is 29.9 Å². The van der Waals surface area contributed by atoms with Crippen molar-refractivity contribution in [2.75, 3.05) is 0 Å². The van der Waals surface area contributed by atoms with E-state index >= 15 is 4.57 Å². The summed E-state index contributed by atoms with van der Waals surface area (Å²) >= 11 is 0. The highest BCUT2D eigenvalue weighted by molar-refractivity contribution is 7.86. The normalized spacial score (nSPS) is 12.2. The molecule has 1 unspecified atom stereocenters. The summed E-state index contributed by atoms with van der Waals surface area (Å²) in [6.07, 6.45) is 2.21. The third-order valence-corrected chi connectivity index (χ3v) is 10.3. The fourth-order valence-corrected chi connectivity index (χ4v) is 8.12. The lowest BCUT2D eigenvalue weighted by molar-refractivity contribution is -0.139. The van der Waals surface area contributed by atoms with Gasteiger partial charge in [0.1, 0.15) is 13.2 Å². The van der Waals surface area contributed by atoms with Crippen LogP contribution in [0.2, 0.25) is 0 Å². The quantitative estimate of drug-likeness (QED) is 0.139. The molecule has 0 aliphatic rings. The molecule has 0 spiro atoms. The van der Waals surface area contributed by atoms with Crippen LogP contribution in [0.15, 0.2) is 67.8 Å². The van der Waals surface area contributed by atoms with Crippen molar-refractivity contribution in [2.45, 2.75) is 60.9 Å². The van der Waals surface area contributed by atoms with Crippen LogP contribution in [0, 0.1) is 41.5 Å². The maximum Gasteiger partial charge on any atom is 0.330 e. The lowest BCUT2D eigenvalue weighted by Crippen LogP contribution is -2.19. The molecule has 0 heterocycles. The number of rotatable bonds is 11. The van der Waals surface area contributed by atoms with Gasteiger partial charge in [0, 0.05) is 29.2 Å². The first kappa shape index (κ1) is 31.5. The van der Waals surface area contributed by atoms with Gasteiger partial charge in [0.15, 0.2) is 7.14 Å². The van der Waals surface area contributed by atoms with Crippen LogP contribution >= 0.6 is 7.14 Å². The molecule has 0 amide bonds. The molecular formula is C34H37O6P. The van der Waals surface area contributed by atoms with E-state index in [1.807, 2.05) is 52.8 Å². The molecule has 0 N–H and O–H groups in total. The SMILES string of the molecule is C=CC(=O)OCc1c(C)cc(C)c(CP(=O)(C(=O)c2c(C)cc(C)c(COC(=O)C=C)c2C)c2ccccc2)c1C. The summed E-state index contributed by atoms with van der Waals surface area (Å²) in [5, 5.41) is 0.461. The molecular weight excluding hydrogens is 535 g/mol. The van der Waals surface area contributed by atoms with Crippen molar-refractivity contribution in [1.29, 1.82) is 0 Å². The van der Waals surface area contributed by atoms with Crippen LogP contribution in [-0.4, -0.2) is 17.5 Å². The van der Waals surface area contributed by atoms with Crippen LogP contribution in [0.25, 0.3) is 0 Å². The third kappa shape index (κ3) is 6.66. The van der Waals surface area contributed by atoms with Crippen molar-refractivity contribution in [3.05, 3.63) is 123 Å². The zero-order valence-corrected chi connectivity index (χ0v) is 25.5. The zero-order valence-electron chi connectivity index (χ0n) is 24.6. The van der Waals surface area contributed by atoms with Gasteiger partial charge in [-0.25, -0.2) is 9.59 Å². The van der Waals surface area contributed by atoms with Crippen LogP contribution < -0.4 is 5.30 Å². The van der Waals surface area contributed by atoms with E-state index < -0.39 is 24.6 Å². The zero-order chi connectivity index (χ0) is 30.5. The van der Waals surface area contributed by atoms with Gasteiger partial charge in [-0.1, -0.05) is 55.6 Å². The number of carbonyl (C=O) groups is 3. The van der Waals surface area contributed by atoms with Crippen LogP contribution in [0.1, 0.15) is 60.4 Å². The van der Waals surface area contributed by atoms with E-state index in [1.165, 1.54) is 0 Å². The van der Waals surface area contributed by atoms with E-state index in [2.05, 4.69) is 13.2 Å². The van der Waals surface area contributed by atoms with Gasteiger partial charge in [-0.05, 0) is 91.6 Å². The summed E-state index contributed by atoms with van der Waals surface area (Å²) in [7, 11) is -3.76. The Morgan fingerprint density at radius 3 is 1.68 bits per heavy atom. The minimum Gasteiger partial charge on any atom is -0.458 e. The molecule has 7 heteroatoms. The summed E-state index contributed by atoms with van der Waals surface area (Å²) < 4.78 is 25.8. The van der Waals surface area contributed by atoms with Crippen LogP contribution in [0.4, 0.5) is 0 Å². The predicted molar refractivity (Wildman–Crippen MR) is 163 cm³/mol. The van der Waals surface area contributed by atoms with Gasteiger partial charge in [0.05, 0.1) is 0 Å². The molecule has 6 nitrogen and oxygen atoms in total. The maximum absolute atomic E-state index is 15.2. The molecule has 0 aliphatic heterocycles. The van der Waals surface area contributed by atoms with Crippen molar-refractivity contribution in [1.82, 2.24) is 0 Å². The lowest BCUT2D eigenvalue weighted by Gasteiger charge is -2.25. The Morgan fingerprint density at radius 1 is 0.707 bits per heavy atom. The standard InChI is InChI=1S/C34H37O6P/c1-9-31(35)39-18-28-21(3)16-23(5)30(25(28)7)20-41(38,27-14-12-11-13-15-27)34(37)33-24(6)17-22(4)29(26(33)8)19-40-32(36)10-2/h9-17H,1-2,18-20H2,3-8H3. The number of benzene rings is 3. The Kier molecular flexibility index (Phi) is 10.1. The van der Waals surface area contributed by atoms with Gasteiger partial charge in [0.2, 0.25) is 5.52 Å². The Hall–Kier alpha value is -4.02. The van der Waals surface area contributed by atoms with Crippen molar-refractivity contribution in [3.8, 4) is 0 Å². The molecule has 0 aromatic heterocycles. The second-order valence-electron chi connectivity index (χ2n) is 10.2. The molecule has 3 aromatic carbocycles. The fraction of sp³-hybridized carbons (Fsp3) is 0.265. The highest BCUT2D eigenvalue weighted by Gasteiger charge is 2.38. The summed E-state index contributed by atoms with van der Waals surface area (Å²) in [6.45, 7) is 18.2. The molecule has 0 fully saturated rings. The topological polar surface area (TPSA) is 86.7 Å². The smallest absolute Gasteiger partial charge is 0.330 e. The Morgan fingerprint density at radius 2 is 1.17 bits per heavy atom. The van der Waals surface area contributed by atoms with Gasteiger partial charge in [-0.2, -0.15) is 0 Å². The summed E-state index contributed by atoms with van der Waals surface area (Å²) in [5.41, 5.74) is 7.08. The number of hydrogen-bond acceptors (Lipinski definition) is 6. The van der Waals surface area contributed by atoms with E-state index in [4.69, 9.17) is 9.47 Å². The summed E-state index contributed by atoms with van der Waals surface area (Å²) in [5.74, 6) is -1.09. The lowest BCUT2D eigenvalue weighted by atomic mass is 9.94. The molecule has 0 saturated carbocycles. The van der Waals surface area contributed by atoms with Crippen LogP contribution in [0.3, 0.4) is 0 Å². The fourth-order valence-electron chi connectivity index (χ4n) is 5.27. The van der Waals surface area contributed by atoms with Gasteiger partial charge in [0.25, 0.3) is 0 Å². The third-order valence-electron chi connectivity index (χ3n) is 7.57. The van der Waals surface area contributed by atoms with Gasteiger partial charge < -0.3 is 14.0 Å². The van der Waals surface area contributed by atoms with Gasteiger partial charge in [-0.15, -0.1) is 0 Å². The Bertz CT molecular complexity index is 1580. The van der Waals surface area contributed by atoms with E-state index in [9.17, 15) is 14.4 Å². The Balaban J connectivity index is 2.20. The minimum atomic E-state index is -3.76. The molecule has 214 valence electrons. The largest absolute Gasteiger partial charge is 0.458 e. The molecule has 0 saturated heterocycles. The van der Waals surface area contributed by atoms with E-state index in [-0.39, 0.29) is 19.4 Å². The second kappa shape index (κ2) is 13.1. The minimum absolute atomic E-state index is 0.00371. The van der Waals surface area contributed by atoms with E-state index in [0.29, 0.717) is 27.6 Å². The van der Waals surface area contributed by atoms with Crippen LogP contribution in [0.5, 0.6) is 0 Å². The molecule has 3 rings (SSSR count). The molecule has 0 bridgehead atoms. The number of hydrogen-bond donors (Lipinski definition) is 0. The summed E-state index contributed by atoms with van der Waals surface area (Å²) in [6, 6.07) is 12.7. The van der Waals surface area contributed by atoms with Crippen molar-refractivity contribution in [2.24, 2.45) is 0 Å². The maximum atomic E-state index is 15.2. The molecule has 3 aromatic rings. The average Bonchev–Trinajstić information content (AvgIpc) is 2.94. The number of carbonyl (C=O) groups excluding carboxylic acids is 3.